The lowest BCUT2D eigenvalue weighted by Gasteiger charge is -2.20. The smallest absolute Gasteiger partial charge is 0.412 e. The van der Waals surface area contributed by atoms with Crippen LogP contribution in [-0.2, 0) is 4.74 Å². The fraction of sp³-hybridized carbons (Fsp3) is 0.308. The molecule has 0 aliphatic rings. The summed E-state index contributed by atoms with van der Waals surface area (Å²) in [5, 5.41) is 2.24. The van der Waals surface area contributed by atoms with Crippen LogP contribution in [0.15, 0.2) is 18.7 Å². The average molecular weight is 255 g/mol. The summed E-state index contributed by atoms with van der Waals surface area (Å²) in [7, 11) is 0. The topological polar surface area (TPSA) is 38.3 Å². The van der Waals surface area contributed by atoms with Gasteiger partial charge in [0.05, 0.1) is 5.69 Å². The molecule has 1 N–H and O–H groups in total. The molecule has 1 amide bonds. The van der Waals surface area contributed by atoms with Crippen molar-refractivity contribution in [1.82, 2.24) is 0 Å². The van der Waals surface area contributed by atoms with Crippen LogP contribution >= 0.6 is 0 Å². The van der Waals surface area contributed by atoms with Gasteiger partial charge in [0, 0.05) is 11.6 Å². The van der Waals surface area contributed by atoms with Crippen molar-refractivity contribution < 1.29 is 18.3 Å². The second kappa shape index (κ2) is 5.16. The van der Waals surface area contributed by atoms with Crippen LogP contribution in [0, 0.1) is 11.6 Å². The highest BCUT2D eigenvalue weighted by atomic mass is 19.1. The summed E-state index contributed by atoms with van der Waals surface area (Å²) >= 11 is 0. The summed E-state index contributed by atoms with van der Waals surface area (Å²) in [6.45, 7) is 8.48. The van der Waals surface area contributed by atoms with Crippen LogP contribution in [0.3, 0.4) is 0 Å². The number of halogens is 2. The van der Waals surface area contributed by atoms with E-state index in [0.717, 1.165) is 6.07 Å². The molecule has 0 aliphatic heterocycles. The van der Waals surface area contributed by atoms with Crippen molar-refractivity contribution in [2.45, 2.75) is 26.4 Å². The highest BCUT2D eigenvalue weighted by Crippen LogP contribution is 2.23. The normalized spacial score (nSPS) is 10.9. The Morgan fingerprint density at radius 2 is 2.00 bits per heavy atom. The van der Waals surface area contributed by atoms with Crippen molar-refractivity contribution in [2.75, 3.05) is 5.32 Å². The van der Waals surface area contributed by atoms with E-state index in [9.17, 15) is 13.6 Å². The molecule has 0 unspecified atom stereocenters. The molecule has 98 valence electrons. The summed E-state index contributed by atoms with van der Waals surface area (Å²) in [6.07, 6.45) is 0.440. The number of benzene rings is 1. The summed E-state index contributed by atoms with van der Waals surface area (Å²) in [5.41, 5.74) is -0.700. The second-order valence-electron chi connectivity index (χ2n) is 4.68. The first-order valence-corrected chi connectivity index (χ1v) is 5.34. The fourth-order valence-electron chi connectivity index (χ4n) is 1.29. The van der Waals surface area contributed by atoms with Crippen LogP contribution in [0.5, 0.6) is 0 Å². The zero-order valence-corrected chi connectivity index (χ0v) is 10.5. The van der Waals surface area contributed by atoms with Crippen molar-refractivity contribution in [2.24, 2.45) is 0 Å². The minimum Gasteiger partial charge on any atom is -0.444 e. The van der Waals surface area contributed by atoms with Crippen LogP contribution in [0.25, 0.3) is 6.08 Å². The summed E-state index contributed by atoms with van der Waals surface area (Å²) in [5.74, 6) is -1.62. The second-order valence-corrected chi connectivity index (χ2v) is 4.68. The van der Waals surface area contributed by atoms with Crippen LogP contribution in [-0.4, -0.2) is 11.7 Å². The van der Waals surface area contributed by atoms with E-state index in [1.54, 1.807) is 20.8 Å². The van der Waals surface area contributed by atoms with E-state index in [2.05, 4.69) is 11.9 Å². The predicted octanol–water partition coefficient (Wildman–Crippen LogP) is 3.95. The summed E-state index contributed by atoms with van der Waals surface area (Å²) < 4.78 is 31.5. The largest absolute Gasteiger partial charge is 0.444 e. The number of carbonyl (C=O) groups is 1. The van der Waals surface area contributed by atoms with Crippen LogP contribution < -0.4 is 5.32 Å². The van der Waals surface area contributed by atoms with Gasteiger partial charge in [-0.3, -0.25) is 5.32 Å². The Kier molecular flexibility index (Phi) is 4.06. The van der Waals surface area contributed by atoms with Gasteiger partial charge in [0.2, 0.25) is 0 Å². The number of hydrogen-bond acceptors (Lipinski definition) is 2. The number of rotatable bonds is 2. The quantitative estimate of drug-likeness (QED) is 0.868. The van der Waals surface area contributed by atoms with Gasteiger partial charge in [-0.2, -0.15) is 0 Å². The molecule has 0 bridgehead atoms. The third-order valence-corrected chi connectivity index (χ3v) is 1.93. The Hall–Kier alpha value is -1.91. The highest BCUT2D eigenvalue weighted by molar-refractivity contribution is 5.88. The molecule has 0 fully saturated rings. The van der Waals surface area contributed by atoms with Crippen molar-refractivity contribution in [1.29, 1.82) is 0 Å². The lowest BCUT2D eigenvalue weighted by molar-refractivity contribution is 0.0635. The molecule has 0 radical (unpaired) electrons. The van der Waals surface area contributed by atoms with Gasteiger partial charge in [-0.25, -0.2) is 13.6 Å². The molecule has 1 rings (SSSR count). The summed E-state index contributed by atoms with van der Waals surface area (Å²) in [6, 6.07) is 1.75. The van der Waals surface area contributed by atoms with Gasteiger partial charge in [0.15, 0.2) is 0 Å². The van der Waals surface area contributed by atoms with Gasteiger partial charge in [-0.05, 0) is 26.8 Å². The molecule has 0 saturated heterocycles. The Bertz CT molecular complexity index is 479. The number of amides is 1. The zero-order chi connectivity index (χ0) is 13.9. The highest BCUT2D eigenvalue weighted by Gasteiger charge is 2.19. The monoisotopic (exact) mass is 255 g/mol. The molecule has 0 saturated carbocycles. The molecular weight excluding hydrogens is 240 g/mol. The lowest BCUT2D eigenvalue weighted by Crippen LogP contribution is -2.27. The molecule has 3 nitrogen and oxygen atoms in total. The maximum absolute atomic E-state index is 13.5. The maximum Gasteiger partial charge on any atom is 0.412 e. The van der Waals surface area contributed by atoms with Gasteiger partial charge < -0.3 is 4.74 Å². The zero-order valence-electron chi connectivity index (χ0n) is 10.5. The summed E-state index contributed by atoms with van der Waals surface area (Å²) in [4.78, 5) is 11.5. The molecule has 0 spiro atoms. The molecule has 0 aromatic heterocycles. The van der Waals surface area contributed by atoms with Crippen LogP contribution in [0.2, 0.25) is 0 Å². The number of anilines is 1. The van der Waals surface area contributed by atoms with E-state index in [0.29, 0.717) is 6.07 Å². The molecule has 1 aromatic rings. The van der Waals surface area contributed by atoms with Gasteiger partial charge in [0.1, 0.15) is 17.2 Å². The van der Waals surface area contributed by atoms with E-state index in [-0.39, 0.29) is 11.3 Å². The third-order valence-electron chi connectivity index (χ3n) is 1.93. The van der Waals surface area contributed by atoms with E-state index in [1.165, 1.54) is 6.08 Å². The van der Waals surface area contributed by atoms with Gasteiger partial charge >= 0.3 is 6.09 Å². The van der Waals surface area contributed by atoms with Crippen molar-refractivity contribution in [3.8, 4) is 0 Å². The van der Waals surface area contributed by atoms with Crippen molar-refractivity contribution >= 4 is 17.9 Å². The first-order chi connectivity index (χ1) is 8.23. The van der Waals surface area contributed by atoms with Gasteiger partial charge in [-0.1, -0.05) is 12.7 Å². The maximum atomic E-state index is 13.5. The van der Waals surface area contributed by atoms with Gasteiger partial charge in [-0.15, -0.1) is 0 Å². The Balaban J connectivity index is 2.97. The first-order valence-electron chi connectivity index (χ1n) is 5.34. The number of carbonyl (C=O) groups excluding carboxylic acids is 1. The first kappa shape index (κ1) is 14.2. The molecule has 0 aliphatic carbocycles. The number of ether oxygens (including phenoxy) is 1. The molecule has 0 atom stereocenters. The van der Waals surface area contributed by atoms with Crippen molar-refractivity contribution in [3.63, 3.8) is 0 Å². The Labute approximate surface area is 104 Å². The third kappa shape index (κ3) is 3.84. The van der Waals surface area contributed by atoms with E-state index in [4.69, 9.17) is 4.74 Å². The van der Waals surface area contributed by atoms with E-state index < -0.39 is 23.3 Å². The predicted molar refractivity (Wildman–Crippen MR) is 66.3 cm³/mol. The molecular formula is C13H15F2NO2. The van der Waals surface area contributed by atoms with Crippen molar-refractivity contribution in [3.05, 3.63) is 35.9 Å². The van der Waals surface area contributed by atoms with Crippen LogP contribution in [0.4, 0.5) is 19.3 Å². The standard InChI is InChI=1S/C13H15F2NO2/c1-5-8-6-9(14)7-10(15)11(8)16-12(17)18-13(2,3)4/h5-7H,1H2,2-4H3,(H,16,17). The molecule has 5 heteroatoms. The van der Waals surface area contributed by atoms with Crippen LogP contribution in [0.1, 0.15) is 26.3 Å². The molecule has 1 aromatic carbocycles. The Morgan fingerprint density at radius 3 is 2.50 bits per heavy atom. The minimum atomic E-state index is -0.879. The number of hydrogen-bond donors (Lipinski definition) is 1. The molecule has 18 heavy (non-hydrogen) atoms. The lowest BCUT2D eigenvalue weighted by atomic mass is 10.1. The van der Waals surface area contributed by atoms with E-state index >= 15 is 0 Å². The SMILES string of the molecule is C=Cc1cc(F)cc(F)c1NC(=O)OC(C)(C)C. The van der Waals surface area contributed by atoms with E-state index in [1.807, 2.05) is 0 Å². The Morgan fingerprint density at radius 1 is 1.39 bits per heavy atom. The average Bonchev–Trinajstić information content (AvgIpc) is 2.18. The fourth-order valence-corrected chi connectivity index (χ4v) is 1.29. The molecule has 0 heterocycles. The minimum absolute atomic E-state index is 0.151. The number of nitrogens with one attached hydrogen (secondary N) is 1. The van der Waals surface area contributed by atoms with Gasteiger partial charge in [0.25, 0.3) is 0 Å².